The number of rotatable bonds is 5. The molecule has 0 aromatic heterocycles. The minimum Gasteiger partial charge on any atom is -0.316 e. The average molecular weight is 238 g/mol. The fourth-order valence-electron chi connectivity index (χ4n) is 3.58. The zero-order chi connectivity index (χ0) is 12.1. The van der Waals surface area contributed by atoms with Crippen molar-refractivity contribution in [1.82, 2.24) is 10.2 Å². The van der Waals surface area contributed by atoms with Gasteiger partial charge in [-0.1, -0.05) is 19.8 Å². The largest absolute Gasteiger partial charge is 0.316 e. The van der Waals surface area contributed by atoms with Crippen molar-refractivity contribution in [3.63, 3.8) is 0 Å². The Morgan fingerprint density at radius 2 is 2.12 bits per heavy atom. The van der Waals surface area contributed by atoms with Crippen LogP contribution in [0.15, 0.2) is 0 Å². The predicted octanol–water partition coefficient (Wildman–Crippen LogP) is 2.89. The van der Waals surface area contributed by atoms with Crippen molar-refractivity contribution in [1.29, 1.82) is 0 Å². The maximum atomic E-state index is 3.47. The zero-order valence-corrected chi connectivity index (χ0v) is 11.8. The molecule has 1 aliphatic heterocycles. The van der Waals surface area contributed by atoms with E-state index in [1.807, 2.05) is 0 Å². The Labute approximate surface area is 107 Å². The summed E-state index contributed by atoms with van der Waals surface area (Å²) in [6, 6.07) is 0.875. The lowest BCUT2D eigenvalue weighted by Crippen LogP contribution is -2.36. The van der Waals surface area contributed by atoms with Crippen molar-refractivity contribution in [2.24, 2.45) is 11.8 Å². The molecule has 2 fully saturated rings. The summed E-state index contributed by atoms with van der Waals surface area (Å²) in [5.74, 6) is 1.92. The number of hydrogen-bond acceptors (Lipinski definition) is 2. The molecule has 1 saturated heterocycles. The van der Waals surface area contributed by atoms with E-state index in [1.165, 1.54) is 64.6 Å². The maximum Gasteiger partial charge on any atom is 0.00947 e. The van der Waals surface area contributed by atoms with Gasteiger partial charge in [0.15, 0.2) is 0 Å². The van der Waals surface area contributed by atoms with Gasteiger partial charge in [0.2, 0.25) is 0 Å². The molecule has 1 heterocycles. The highest BCUT2D eigenvalue weighted by atomic mass is 15.1. The molecule has 2 aliphatic rings. The van der Waals surface area contributed by atoms with Gasteiger partial charge in [0.05, 0.1) is 0 Å². The molecule has 0 aromatic rings. The Balaban J connectivity index is 1.60. The Kier molecular flexibility index (Phi) is 5.30. The molecule has 0 bridgehead atoms. The molecular formula is C15H30N2. The van der Waals surface area contributed by atoms with Crippen LogP contribution < -0.4 is 5.32 Å². The van der Waals surface area contributed by atoms with Gasteiger partial charge in [-0.15, -0.1) is 0 Å². The van der Waals surface area contributed by atoms with Crippen molar-refractivity contribution in [2.75, 3.05) is 26.7 Å². The molecule has 3 atom stereocenters. The molecule has 0 radical (unpaired) electrons. The van der Waals surface area contributed by atoms with E-state index < -0.39 is 0 Å². The van der Waals surface area contributed by atoms with E-state index in [4.69, 9.17) is 0 Å². The molecule has 1 N–H and O–H groups in total. The van der Waals surface area contributed by atoms with Gasteiger partial charge in [0.1, 0.15) is 0 Å². The second-order valence-electron chi connectivity index (χ2n) is 6.41. The molecule has 1 aliphatic carbocycles. The van der Waals surface area contributed by atoms with Crippen LogP contribution in [0.25, 0.3) is 0 Å². The van der Waals surface area contributed by atoms with E-state index >= 15 is 0 Å². The summed E-state index contributed by atoms with van der Waals surface area (Å²) in [6.45, 7) is 6.25. The minimum atomic E-state index is 0.875. The molecule has 0 spiro atoms. The molecule has 17 heavy (non-hydrogen) atoms. The van der Waals surface area contributed by atoms with Crippen LogP contribution in [0.4, 0.5) is 0 Å². The van der Waals surface area contributed by atoms with Gasteiger partial charge >= 0.3 is 0 Å². The Bertz CT molecular complexity index is 211. The third-order valence-electron chi connectivity index (χ3n) is 4.82. The molecule has 0 aromatic carbocycles. The first kappa shape index (κ1) is 13.4. The lowest BCUT2D eigenvalue weighted by atomic mass is 9.86. The van der Waals surface area contributed by atoms with E-state index in [0.717, 1.165) is 17.9 Å². The second kappa shape index (κ2) is 6.75. The maximum absolute atomic E-state index is 3.47. The number of hydrogen-bond donors (Lipinski definition) is 1. The minimum absolute atomic E-state index is 0.875. The fourth-order valence-corrected chi connectivity index (χ4v) is 3.58. The molecule has 2 nitrogen and oxygen atoms in total. The van der Waals surface area contributed by atoms with Crippen molar-refractivity contribution in [3.05, 3.63) is 0 Å². The third-order valence-corrected chi connectivity index (χ3v) is 4.82. The van der Waals surface area contributed by atoms with Crippen molar-refractivity contribution in [2.45, 2.75) is 57.9 Å². The van der Waals surface area contributed by atoms with E-state index in [9.17, 15) is 0 Å². The highest BCUT2D eigenvalue weighted by Gasteiger charge is 2.22. The van der Waals surface area contributed by atoms with Gasteiger partial charge in [-0.3, -0.25) is 0 Å². The second-order valence-corrected chi connectivity index (χ2v) is 6.41. The first-order valence-corrected chi connectivity index (χ1v) is 7.66. The van der Waals surface area contributed by atoms with Crippen molar-refractivity contribution >= 4 is 0 Å². The smallest absolute Gasteiger partial charge is 0.00947 e. The summed E-state index contributed by atoms with van der Waals surface area (Å²) >= 11 is 0. The number of nitrogens with one attached hydrogen (secondary N) is 1. The molecule has 3 unspecified atom stereocenters. The van der Waals surface area contributed by atoms with Crippen LogP contribution in [0, 0.1) is 11.8 Å². The highest BCUT2D eigenvalue weighted by Crippen LogP contribution is 2.27. The van der Waals surface area contributed by atoms with E-state index in [2.05, 4.69) is 24.2 Å². The summed E-state index contributed by atoms with van der Waals surface area (Å²) in [5.41, 5.74) is 0. The quantitative estimate of drug-likeness (QED) is 0.792. The highest BCUT2D eigenvalue weighted by molar-refractivity contribution is 4.78. The summed E-state index contributed by atoms with van der Waals surface area (Å²) < 4.78 is 0. The van der Waals surface area contributed by atoms with Crippen LogP contribution in [0.1, 0.15) is 51.9 Å². The predicted molar refractivity (Wildman–Crippen MR) is 74.3 cm³/mol. The van der Waals surface area contributed by atoms with Crippen molar-refractivity contribution < 1.29 is 0 Å². The van der Waals surface area contributed by atoms with Gasteiger partial charge in [0.25, 0.3) is 0 Å². The molecule has 1 saturated carbocycles. The van der Waals surface area contributed by atoms with Gasteiger partial charge in [-0.25, -0.2) is 0 Å². The summed E-state index contributed by atoms with van der Waals surface area (Å²) in [5, 5.41) is 3.47. The third kappa shape index (κ3) is 4.26. The van der Waals surface area contributed by atoms with E-state index in [-0.39, 0.29) is 0 Å². The van der Waals surface area contributed by atoms with Crippen LogP contribution in [0.3, 0.4) is 0 Å². The van der Waals surface area contributed by atoms with Crippen LogP contribution in [0.5, 0.6) is 0 Å². The fraction of sp³-hybridized carbons (Fsp3) is 1.00. The van der Waals surface area contributed by atoms with Crippen LogP contribution in [-0.2, 0) is 0 Å². The topological polar surface area (TPSA) is 15.3 Å². The van der Waals surface area contributed by atoms with Gasteiger partial charge < -0.3 is 10.2 Å². The molecular weight excluding hydrogens is 208 g/mol. The Hall–Kier alpha value is -0.0800. The first-order chi connectivity index (χ1) is 8.25. The zero-order valence-electron chi connectivity index (χ0n) is 11.8. The molecule has 100 valence electrons. The number of nitrogens with zero attached hydrogens (tertiary/aromatic N) is 1. The summed E-state index contributed by atoms with van der Waals surface area (Å²) in [6.07, 6.45) is 10.0. The van der Waals surface area contributed by atoms with Crippen LogP contribution in [0.2, 0.25) is 0 Å². The standard InChI is InChI=1S/C15H30N2/c1-13-5-3-7-15(11-13)17(2)10-4-6-14-8-9-16-12-14/h13-16H,3-12H2,1-2H3. The Morgan fingerprint density at radius 3 is 2.82 bits per heavy atom. The van der Waals surface area contributed by atoms with E-state index in [1.54, 1.807) is 0 Å². The van der Waals surface area contributed by atoms with Gasteiger partial charge in [-0.2, -0.15) is 0 Å². The lowest BCUT2D eigenvalue weighted by Gasteiger charge is -2.34. The van der Waals surface area contributed by atoms with Crippen LogP contribution >= 0.6 is 0 Å². The average Bonchev–Trinajstić information content (AvgIpc) is 2.82. The first-order valence-electron chi connectivity index (χ1n) is 7.66. The summed E-state index contributed by atoms with van der Waals surface area (Å²) in [4.78, 5) is 2.64. The van der Waals surface area contributed by atoms with Gasteiger partial charge in [-0.05, 0) is 70.6 Å². The lowest BCUT2D eigenvalue weighted by molar-refractivity contribution is 0.160. The van der Waals surface area contributed by atoms with Gasteiger partial charge in [0, 0.05) is 6.04 Å². The summed E-state index contributed by atoms with van der Waals surface area (Å²) in [7, 11) is 2.34. The van der Waals surface area contributed by atoms with Crippen LogP contribution in [-0.4, -0.2) is 37.6 Å². The Morgan fingerprint density at radius 1 is 1.24 bits per heavy atom. The molecule has 0 amide bonds. The SMILES string of the molecule is CC1CCCC(N(C)CCCC2CCNC2)C1. The monoisotopic (exact) mass is 238 g/mol. The van der Waals surface area contributed by atoms with Crippen molar-refractivity contribution in [3.8, 4) is 0 Å². The molecule has 2 heteroatoms. The normalized spacial score (nSPS) is 34.4. The molecule has 2 rings (SSSR count). The van der Waals surface area contributed by atoms with E-state index in [0.29, 0.717) is 0 Å².